The van der Waals surface area contributed by atoms with Crippen LogP contribution in [0, 0.1) is 0 Å². The second-order valence-electron chi connectivity index (χ2n) is 4.56. The van der Waals surface area contributed by atoms with Crippen molar-refractivity contribution in [1.29, 1.82) is 0 Å². The van der Waals surface area contributed by atoms with E-state index in [1.165, 1.54) is 5.56 Å². The fraction of sp³-hybridized carbons (Fsp3) is 0.462. The zero-order valence-corrected chi connectivity index (χ0v) is 10.1. The highest BCUT2D eigenvalue weighted by molar-refractivity contribution is 5.97. The molecule has 0 aliphatic carbocycles. The SMILES string of the molecule is CC(C)c1ccc2c(c1)NCCC(=O)N2C. The Morgan fingerprint density at radius 1 is 1.38 bits per heavy atom. The van der Waals surface area contributed by atoms with Gasteiger partial charge < -0.3 is 10.2 Å². The molecule has 0 atom stereocenters. The lowest BCUT2D eigenvalue weighted by molar-refractivity contribution is -0.118. The van der Waals surface area contributed by atoms with Crippen molar-refractivity contribution in [1.82, 2.24) is 0 Å². The molecule has 1 aliphatic rings. The van der Waals surface area contributed by atoms with Crippen molar-refractivity contribution < 1.29 is 4.79 Å². The third kappa shape index (κ3) is 1.90. The average molecular weight is 218 g/mol. The average Bonchev–Trinajstić information content (AvgIpc) is 2.40. The molecular formula is C13H18N2O. The molecule has 0 fully saturated rings. The maximum atomic E-state index is 11.7. The van der Waals surface area contributed by atoms with Gasteiger partial charge in [0.1, 0.15) is 0 Å². The molecule has 2 rings (SSSR count). The summed E-state index contributed by atoms with van der Waals surface area (Å²) < 4.78 is 0. The standard InChI is InChI=1S/C13H18N2O/c1-9(2)10-4-5-12-11(8-10)14-7-6-13(16)15(12)3/h4-5,8-9,14H,6-7H2,1-3H3. The molecule has 1 amide bonds. The molecule has 1 aromatic carbocycles. The van der Waals surface area contributed by atoms with E-state index in [0.29, 0.717) is 12.3 Å². The van der Waals surface area contributed by atoms with Gasteiger partial charge in [0.15, 0.2) is 0 Å². The van der Waals surface area contributed by atoms with Crippen LogP contribution in [-0.4, -0.2) is 19.5 Å². The van der Waals surface area contributed by atoms with Crippen molar-refractivity contribution in [3.63, 3.8) is 0 Å². The number of benzene rings is 1. The summed E-state index contributed by atoms with van der Waals surface area (Å²) in [4.78, 5) is 13.4. The minimum atomic E-state index is 0.170. The van der Waals surface area contributed by atoms with Gasteiger partial charge in [-0.25, -0.2) is 0 Å². The van der Waals surface area contributed by atoms with Crippen LogP contribution in [0.1, 0.15) is 31.7 Å². The molecule has 3 heteroatoms. The normalized spacial score (nSPS) is 15.8. The van der Waals surface area contributed by atoms with Crippen LogP contribution in [0.2, 0.25) is 0 Å². The lowest BCUT2D eigenvalue weighted by Gasteiger charge is -2.18. The molecule has 0 saturated carbocycles. The van der Waals surface area contributed by atoms with Crippen molar-refractivity contribution in [2.24, 2.45) is 0 Å². The summed E-state index contributed by atoms with van der Waals surface area (Å²) in [5.74, 6) is 0.680. The number of carbonyl (C=O) groups is 1. The van der Waals surface area contributed by atoms with Crippen molar-refractivity contribution >= 4 is 17.3 Å². The Morgan fingerprint density at radius 3 is 2.81 bits per heavy atom. The van der Waals surface area contributed by atoms with Crippen LogP contribution in [0.5, 0.6) is 0 Å². The minimum Gasteiger partial charge on any atom is -0.383 e. The number of carbonyl (C=O) groups excluding carboxylic acids is 1. The summed E-state index contributed by atoms with van der Waals surface area (Å²) >= 11 is 0. The maximum absolute atomic E-state index is 11.7. The van der Waals surface area contributed by atoms with E-state index in [1.807, 2.05) is 13.1 Å². The van der Waals surface area contributed by atoms with Gasteiger partial charge in [0.2, 0.25) is 5.91 Å². The number of hydrogen-bond acceptors (Lipinski definition) is 2. The number of rotatable bonds is 1. The van der Waals surface area contributed by atoms with Crippen LogP contribution in [0.25, 0.3) is 0 Å². The first-order valence-electron chi connectivity index (χ1n) is 5.74. The fourth-order valence-electron chi connectivity index (χ4n) is 1.95. The van der Waals surface area contributed by atoms with Crippen molar-refractivity contribution in [2.45, 2.75) is 26.2 Å². The van der Waals surface area contributed by atoms with E-state index in [4.69, 9.17) is 0 Å². The molecule has 1 aromatic rings. The minimum absolute atomic E-state index is 0.170. The Hall–Kier alpha value is -1.51. The van der Waals surface area contributed by atoms with Gasteiger partial charge in [0, 0.05) is 20.0 Å². The van der Waals surface area contributed by atoms with Crippen LogP contribution in [0.15, 0.2) is 18.2 Å². The molecule has 0 saturated heterocycles. The van der Waals surface area contributed by atoms with E-state index >= 15 is 0 Å². The summed E-state index contributed by atoms with van der Waals surface area (Å²) in [6.45, 7) is 5.07. The van der Waals surface area contributed by atoms with Gasteiger partial charge in [-0.3, -0.25) is 4.79 Å². The van der Waals surface area contributed by atoms with E-state index < -0.39 is 0 Å². The molecule has 16 heavy (non-hydrogen) atoms. The Kier molecular flexibility index (Phi) is 2.86. The van der Waals surface area contributed by atoms with Gasteiger partial charge >= 0.3 is 0 Å². The van der Waals surface area contributed by atoms with Gasteiger partial charge in [-0.2, -0.15) is 0 Å². The molecule has 86 valence electrons. The van der Waals surface area contributed by atoms with Crippen LogP contribution in [0.4, 0.5) is 11.4 Å². The Bertz CT molecular complexity index is 412. The summed E-state index contributed by atoms with van der Waals surface area (Å²) in [6, 6.07) is 6.27. The second-order valence-corrected chi connectivity index (χ2v) is 4.56. The first-order valence-corrected chi connectivity index (χ1v) is 5.74. The highest BCUT2D eigenvalue weighted by atomic mass is 16.2. The molecule has 0 spiro atoms. The smallest absolute Gasteiger partial charge is 0.228 e. The molecule has 3 nitrogen and oxygen atoms in total. The number of anilines is 2. The molecule has 0 radical (unpaired) electrons. The predicted octanol–water partition coefficient (Wildman–Crippen LogP) is 2.59. The molecule has 1 heterocycles. The van der Waals surface area contributed by atoms with Crippen molar-refractivity contribution in [2.75, 3.05) is 23.8 Å². The first kappa shape index (κ1) is 11.0. The summed E-state index contributed by atoms with van der Waals surface area (Å²) in [5.41, 5.74) is 3.35. The second kappa shape index (κ2) is 4.16. The summed E-state index contributed by atoms with van der Waals surface area (Å²) in [7, 11) is 1.84. The van der Waals surface area contributed by atoms with Crippen LogP contribution < -0.4 is 10.2 Å². The maximum Gasteiger partial charge on any atom is 0.228 e. The van der Waals surface area contributed by atoms with Crippen LogP contribution in [0.3, 0.4) is 0 Å². The van der Waals surface area contributed by atoms with E-state index in [9.17, 15) is 4.79 Å². The highest BCUT2D eigenvalue weighted by Crippen LogP contribution is 2.31. The lowest BCUT2D eigenvalue weighted by Crippen LogP contribution is -2.25. The summed E-state index contributed by atoms with van der Waals surface area (Å²) in [5, 5.41) is 3.32. The third-order valence-electron chi connectivity index (χ3n) is 3.08. The Labute approximate surface area is 96.5 Å². The first-order chi connectivity index (χ1) is 7.59. The largest absolute Gasteiger partial charge is 0.383 e. The highest BCUT2D eigenvalue weighted by Gasteiger charge is 2.18. The number of nitrogens with zero attached hydrogens (tertiary/aromatic N) is 1. The van der Waals surface area contributed by atoms with Gasteiger partial charge in [-0.1, -0.05) is 19.9 Å². The van der Waals surface area contributed by atoms with Gasteiger partial charge in [0.05, 0.1) is 11.4 Å². The third-order valence-corrected chi connectivity index (χ3v) is 3.08. The number of hydrogen-bond donors (Lipinski definition) is 1. The molecule has 0 aromatic heterocycles. The molecule has 1 N–H and O–H groups in total. The topological polar surface area (TPSA) is 32.3 Å². The zero-order valence-electron chi connectivity index (χ0n) is 10.1. The quantitative estimate of drug-likeness (QED) is 0.785. The van der Waals surface area contributed by atoms with E-state index in [-0.39, 0.29) is 5.91 Å². The molecule has 0 unspecified atom stereocenters. The number of amides is 1. The Morgan fingerprint density at radius 2 is 2.12 bits per heavy atom. The monoisotopic (exact) mass is 218 g/mol. The molecule has 1 aliphatic heterocycles. The molecular weight excluding hydrogens is 200 g/mol. The Balaban J connectivity index is 2.43. The number of fused-ring (bicyclic) bond motifs is 1. The summed E-state index contributed by atoms with van der Waals surface area (Å²) in [6.07, 6.45) is 0.558. The van der Waals surface area contributed by atoms with Gasteiger partial charge in [0.25, 0.3) is 0 Å². The predicted molar refractivity (Wildman–Crippen MR) is 67.0 cm³/mol. The van der Waals surface area contributed by atoms with Crippen LogP contribution >= 0.6 is 0 Å². The van der Waals surface area contributed by atoms with Crippen molar-refractivity contribution in [3.8, 4) is 0 Å². The number of nitrogens with one attached hydrogen (secondary N) is 1. The zero-order chi connectivity index (χ0) is 11.7. The van der Waals surface area contributed by atoms with E-state index in [1.54, 1.807) is 4.90 Å². The fourth-order valence-corrected chi connectivity index (χ4v) is 1.95. The molecule has 0 bridgehead atoms. The van der Waals surface area contributed by atoms with Crippen molar-refractivity contribution in [3.05, 3.63) is 23.8 Å². The lowest BCUT2D eigenvalue weighted by atomic mass is 10.0. The van der Waals surface area contributed by atoms with E-state index in [0.717, 1.165) is 17.9 Å². The van der Waals surface area contributed by atoms with Gasteiger partial charge in [-0.05, 0) is 23.6 Å². The van der Waals surface area contributed by atoms with Gasteiger partial charge in [-0.15, -0.1) is 0 Å². The van der Waals surface area contributed by atoms with Crippen LogP contribution in [-0.2, 0) is 4.79 Å². The van der Waals surface area contributed by atoms with E-state index in [2.05, 4.69) is 31.3 Å².